The fraction of sp³-hybridized carbons (Fsp3) is 0.500. The highest BCUT2D eigenvalue weighted by molar-refractivity contribution is 5.46. The van der Waals surface area contributed by atoms with Crippen molar-refractivity contribution in [3.8, 4) is 0 Å². The van der Waals surface area contributed by atoms with Crippen LogP contribution in [0.5, 0.6) is 0 Å². The van der Waals surface area contributed by atoms with Crippen molar-refractivity contribution in [1.29, 1.82) is 0 Å². The van der Waals surface area contributed by atoms with Crippen LogP contribution in [0.4, 0.5) is 10.1 Å². The van der Waals surface area contributed by atoms with Crippen molar-refractivity contribution in [2.75, 3.05) is 31.1 Å². The van der Waals surface area contributed by atoms with E-state index < -0.39 is 0 Å². The van der Waals surface area contributed by atoms with Crippen molar-refractivity contribution in [1.82, 2.24) is 15.0 Å². The van der Waals surface area contributed by atoms with E-state index in [2.05, 4.69) is 26.9 Å². The van der Waals surface area contributed by atoms with E-state index >= 15 is 0 Å². The quantitative estimate of drug-likeness (QED) is 0.849. The largest absolute Gasteiger partial charge is 0.369 e. The van der Waals surface area contributed by atoms with Crippen LogP contribution < -0.4 is 4.90 Å². The molecule has 3 rings (SSSR count). The van der Waals surface area contributed by atoms with Gasteiger partial charge in [-0.1, -0.05) is 12.1 Å². The zero-order valence-corrected chi connectivity index (χ0v) is 12.8. The van der Waals surface area contributed by atoms with E-state index in [0.717, 1.165) is 50.5 Å². The highest BCUT2D eigenvalue weighted by atomic mass is 19.1. The van der Waals surface area contributed by atoms with E-state index in [9.17, 15) is 4.39 Å². The van der Waals surface area contributed by atoms with Crippen molar-refractivity contribution >= 4 is 5.69 Å². The molecule has 0 aliphatic carbocycles. The average Bonchev–Trinajstić information content (AvgIpc) is 2.97. The van der Waals surface area contributed by atoms with Gasteiger partial charge in [0.2, 0.25) is 5.89 Å². The van der Waals surface area contributed by atoms with Gasteiger partial charge in [0.15, 0.2) is 5.82 Å². The van der Waals surface area contributed by atoms with Crippen molar-refractivity contribution in [3.63, 3.8) is 0 Å². The molecule has 0 radical (unpaired) electrons. The summed E-state index contributed by atoms with van der Waals surface area (Å²) in [6, 6.07) is 6.69. The molecule has 5 nitrogen and oxygen atoms in total. The Morgan fingerprint density at radius 1 is 1.14 bits per heavy atom. The Morgan fingerprint density at radius 2 is 1.86 bits per heavy atom. The van der Waals surface area contributed by atoms with Gasteiger partial charge in [-0.2, -0.15) is 4.98 Å². The molecule has 0 bridgehead atoms. The minimum Gasteiger partial charge on any atom is -0.369 e. The number of rotatable bonds is 5. The van der Waals surface area contributed by atoms with Gasteiger partial charge in [0, 0.05) is 38.3 Å². The lowest BCUT2D eigenvalue weighted by Crippen LogP contribution is -2.46. The molecule has 118 valence electrons. The molecule has 1 aliphatic rings. The molecule has 0 N–H and O–H groups in total. The molecule has 1 fully saturated rings. The van der Waals surface area contributed by atoms with Gasteiger partial charge in [-0.15, -0.1) is 0 Å². The Bertz CT molecular complexity index is 590. The molecular weight excluding hydrogens is 283 g/mol. The summed E-state index contributed by atoms with van der Waals surface area (Å²) in [6.45, 7) is 6.51. The fourth-order valence-corrected chi connectivity index (χ4v) is 2.69. The Labute approximate surface area is 129 Å². The summed E-state index contributed by atoms with van der Waals surface area (Å²) in [4.78, 5) is 8.99. The summed E-state index contributed by atoms with van der Waals surface area (Å²) in [5.41, 5.74) is 1.07. The fourth-order valence-electron chi connectivity index (χ4n) is 2.69. The van der Waals surface area contributed by atoms with E-state index in [-0.39, 0.29) is 5.82 Å². The first-order chi connectivity index (χ1) is 10.7. The van der Waals surface area contributed by atoms with E-state index in [1.165, 1.54) is 12.1 Å². The van der Waals surface area contributed by atoms with Gasteiger partial charge >= 0.3 is 0 Å². The summed E-state index contributed by atoms with van der Waals surface area (Å²) < 4.78 is 18.3. The number of benzene rings is 1. The van der Waals surface area contributed by atoms with Crippen LogP contribution in [-0.2, 0) is 13.0 Å². The second-order valence-corrected chi connectivity index (χ2v) is 5.59. The number of hydrogen-bond acceptors (Lipinski definition) is 5. The van der Waals surface area contributed by atoms with Crippen LogP contribution in [0.3, 0.4) is 0 Å². The summed E-state index contributed by atoms with van der Waals surface area (Å²) in [7, 11) is 0. The van der Waals surface area contributed by atoms with Crippen LogP contribution in [0.1, 0.15) is 25.1 Å². The summed E-state index contributed by atoms with van der Waals surface area (Å²) in [6.07, 6.45) is 1.89. The van der Waals surface area contributed by atoms with Crippen LogP contribution in [0.25, 0.3) is 0 Å². The monoisotopic (exact) mass is 304 g/mol. The first-order valence-electron chi connectivity index (χ1n) is 7.79. The third-order valence-corrected chi connectivity index (χ3v) is 3.91. The molecule has 1 aliphatic heterocycles. The Morgan fingerprint density at radius 3 is 2.55 bits per heavy atom. The molecule has 0 amide bonds. The SMILES string of the molecule is CCCc1noc(CN2CCN(c3ccc(F)cc3)CC2)n1. The number of hydrogen-bond donors (Lipinski definition) is 0. The molecule has 1 aromatic heterocycles. The van der Waals surface area contributed by atoms with Crippen molar-refractivity contribution in [2.24, 2.45) is 0 Å². The third-order valence-electron chi connectivity index (χ3n) is 3.91. The summed E-state index contributed by atoms with van der Waals surface area (Å²) in [5, 5.41) is 3.98. The smallest absolute Gasteiger partial charge is 0.240 e. The van der Waals surface area contributed by atoms with Crippen molar-refractivity contribution < 1.29 is 8.91 Å². The van der Waals surface area contributed by atoms with E-state index in [1.807, 2.05) is 12.1 Å². The molecule has 0 spiro atoms. The van der Waals surface area contributed by atoms with E-state index in [4.69, 9.17) is 4.52 Å². The number of piperazine rings is 1. The van der Waals surface area contributed by atoms with Gasteiger partial charge in [-0.05, 0) is 30.7 Å². The summed E-state index contributed by atoms with van der Waals surface area (Å²) in [5.74, 6) is 1.29. The maximum absolute atomic E-state index is 13.0. The highest BCUT2D eigenvalue weighted by Gasteiger charge is 2.19. The van der Waals surface area contributed by atoms with Gasteiger partial charge in [0.25, 0.3) is 0 Å². The number of nitrogens with zero attached hydrogens (tertiary/aromatic N) is 4. The zero-order chi connectivity index (χ0) is 15.4. The summed E-state index contributed by atoms with van der Waals surface area (Å²) >= 11 is 0. The van der Waals surface area contributed by atoms with Gasteiger partial charge in [-0.25, -0.2) is 4.39 Å². The van der Waals surface area contributed by atoms with E-state index in [0.29, 0.717) is 12.4 Å². The van der Waals surface area contributed by atoms with Crippen molar-refractivity contribution in [2.45, 2.75) is 26.3 Å². The Balaban J connectivity index is 1.51. The molecule has 2 aromatic rings. The molecule has 1 saturated heterocycles. The van der Waals surface area contributed by atoms with E-state index in [1.54, 1.807) is 0 Å². The molecule has 0 unspecified atom stereocenters. The molecule has 6 heteroatoms. The van der Waals surface area contributed by atoms with Crippen LogP contribution >= 0.6 is 0 Å². The van der Waals surface area contributed by atoms with Gasteiger partial charge in [0.05, 0.1) is 6.54 Å². The normalized spacial score (nSPS) is 16.2. The molecule has 1 aromatic carbocycles. The maximum atomic E-state index is 13.0. The highest BCUT2D eigenvalue weighted by Crippen LogP contribution is 2.17. The van der Waals surface area contributed by atoms with Crippen LogP contribution in [-0.4, -0.2) is 41.2 Å². The number of aryl methyl sites for hydroxylation is 1. The van der Waals surface area contributed by atoms with Gasteiger partial charge in [0.1, 0.15) is 5.82 Å². The third kappa shape index (κ3) is 3.62. The van der Waals surface area contributed by atoms with Crippen LogP contribution in [0.2, 0.25) is 0 Å². The second-order valence-electron chi connectivity index (χ2n) is 5.59. The lowest BCUT2D eigenvalue weighted by atomic mass is 10.2. The molecule has 0 atom stereocenters. The first-order valence-corrected chi connectivity index (χ1v) is 7.79. The number of anilines is 1. The lowest BCUT2D eigenvalue weighted by Gasteiger charge is -2.35. The van der Waals surface area contributed by atoms with Gasteiger partial charge in [-0.3, -0.25) is 4.90 Å². The second kappa shape index (κ2) is 6.87. The van der Waals surface area contributed by atoms with Crippen LogP contribution in [0.15, 0.2) is 28.8 Å². The average molecular weight is 304 g/mol. The molecule has 22 heavy (non-hydrogen) atoms. The number of halogens is 1. The predicted molar refractivity (Wildman–Crippen MR) is 82.2 cm³/mol. The predicted octanol–water partition coefficient (Wildman–Crippen LogP) is 2.48. The Hall–Kier alpha value is -1.95. The minimum atomic E-state index is -0.193. The standard InChI is InChI=1S/C16H21FN4O/c1-2-3-15-18-16(22-19-15)12-20-8-10-21(11-9-20)14-6-4-13(17)5-7-14/h4-7H,2-3,8-12H2,1H3. The zero-order valence-electron chi connectivity index (χ0n) is 12.8. The van der Waals surface area contributed by atoms with Crippen molar-refractivity contribution in [3.05, 3.63) is 41.8 Å². The maximum Gasteiger partial charge on any atom is 0.240 e. The number of aromatic nitrogens is 2. The topological polar surface area (TPSA) is 45.4 Å². The Kier molecular flexibility index (Phi) is 4.68. The minimum absolute atomic E-state index is 0.193. The van der Waals surface area contributed by atoms with Gasteiger partial charge < -0.3 is 9.42 Å². The first kappa shape index (κ1) is 15.0. The molecule has 2 heterocycles. The lowest BCUT2D eigenvalue weighted by molar-refractivity contribution is 0.215. The van der Waals surface area contributed by atoms with Crippen LogP contribution in [0, 0.1) is 5.82 Å². The molecule has 0 saturated carbocycles. The molecular formula is C16H21FN4O.